The molecule has 114 valence electrons. The molecule has 3 aromatic rings. The molecule has 0 radical (unpaired) electrons. The molecule has 0 atom stereocenters. The van der Waals surface area contributed by atoms with Crippen LogP contribution in [-0.4, -0.2) is 4.98 Å². The van der Waals surface area contributed by atoms with Crippen LogP contribution in [0.2, 0.25) is 0 Å². The Morgan fingerprint density at radius 3 is 2.57 bits per heavy atom. The molecule has 3 rings (SSSR count). The van der Waals surface area contributed by atoms with Crippen molar-refractivity contribution in [3.05, 3.63) is 70.8 Å². The Morgan fingerprint density at radius 2 is 1.83 bits per heavy atom. The summed E-state index contributed by atoms with van der Waals surface area (Å²) in [5.74, 6) is 1.33. The van der Waals surface area contributed by atoms with Gasteiger partial charge in [-0.2, -0.15) is 0 Å². The van der Waals surface area contributed by atoms with Crippen molar-refractivity contribution in [3.8, 4) is 22.7 Å². The predicted molar refractivity (Wildman–Crippen MR) is 90.2 cm³/mol. The molecule has 0 saturated heterocycles. The first-order chi connectivity index (χ1) is 11.3. The van der Waals surface area contributed by atoms with Gasteiger partial charge in [0.1, 0.15) is 11.5 Å². The van der Waals surface area contributed by atoms with Crippen LogP contribution in [0.3, 0.4) is 0 Å². The Hall–Kier alpha value is -3.04. The van der Waals surface area contributed by atoms with Crippen molar-refractivity contribution in [1.82, 2.24) is 4.98 Å². The van der Waals surface area contributed by atoms with Gasteiger partial charge in [-0.3, -0.25) is 0 Å². The molecule has 0 aliphatic rings. The summed E-state index contributed by atoms with van der Waals surface area (Å²) < 4.78 is 5.99. The Kier molecular flexibility index (Phi) is 4.41. The van der Waals surface area contributed by atoms with Crippen LogP contribution in [0, 0.1) is 0 Å². The normalized spacial score (nSPS) is 10.3. The summed E-state index contributed by atoms with van der Waals surface area (Å²) in [6.45, 7) is 2.10. The van der Waals surface area contributed by atoms with Crippen molar-refractivity contribution < 1.29 is 4.42 Å². The van der Waals surface area contributed by atoms with Gasteiger partial charge in [0.2, 0.25) is 5.89 Å². The quantitative estimate of drug-likeness (QED) is 0.334. The first kappa shape index (κ1) is 14.9. The van der Waals surface area contributed by atoms with Crippen molar-refractivity contribution in [2.45, 2.75) is 19.8 Å². The van der Waals surface area contributed by atoms with Gasteiger partial charge in [0, 0.05) is 22.5 Å². The van der Waals surface area contributed by atoms with Crippen LogP contribution in [-0.2, 0) is 6.42 Å². The number of azide groups is 1. The fraction of sp³-hybridized carbons (Fsp3) is 0.167. The number of aryl methyl sites for hydroxylation is 1. The molecule has 5 nitrogen and oxygen atoms in total. The lowest BCUT2D eigenvalue weighted by Crippen LogP contribution is -1.85. The van der Waals surface area contributed by atoms with E-state index in [4.69, 9.17) is 9.95 Å². The van der Waals surface area contributed by atoms with E-state index in [0.717, 1.165) is 29.9 Å². The summed E-state index contributed by atoms with van der Waals surface area (Å²) in [6, 6.07) is 17.3. The zero-order chi connectivity index (χ0) is 16.1. The zero-order valence-corrected chi connectivity index (χ0v) is 12.8. The van der Waals surface area contributed by atoms with Crippen LogP contribution < -0.4 is 0 Å². The summed E-state index contributed by atoms with van der Waals surface area (Å²) in [6.07, 6.45) is 1.77. The SMILES string of the molecule is CCCc1oc(-c2ccccc2N=[N+]=[N-])nc1-c1ccccc1. The van der Waals surface area contributed by atoms with E-state index in [1.807, 2.05) is 48.5 Å². The van der Waals surface area contributed by atoms with Gasteiger partial charge in [-0.1, -0.05) is 60.6 Å². The third-order valence-corrected chi connectivity index (χ3v) is 3.51. The molecule has 0 aliphatic heterocycles. The number of hydrogen-bond acceptors (Lipinski definition) is 3. The van der Waals surface area contributed by atoms with E-state index in [-0.39, 0.29) is 0 Å². The van der Waals surface area contributed by atoms with Gasteiger partial charge >= 0.3 is 0 Å². The summed E-state index contributed by atoms with van der Waals surface area (Å²) in [4.78, 5) is 7.53. The first-order valence-electron chi connectivity index (χ1n) is 7.53. The van der Waals surface area contributed by atoms with Crippen molar-refractivity contribution >= 4 is 5.69 Å². The molecular weight excluding hydrogens is 288 g/mol. The maximum atomic E-state index is 8.72. The van der Waals surface area contributed by atoms with E-state index >= 15 is 0 Å². The largest absolute Gasteiger partial charge is 0.440 e. The molecule has 0 amide bonds. The number of nitrogens with zero attached hydrogens (tertiary/aromatic N) is 4. The fourth-order valence-electron chi connectivity index (χ4n) is 2.47. The van der Waals surface area contributed by atoms with E-state index in [1.165, 1.54) is 0 Å². The smallest absolute Gasteiger partial charge is 0.227 e. The van der Waals surface area contributed by atoms with Crippen LogP contribution in [0.1, 0.15) is 19.1 Å². The summed E-state index contributed by atoms with van der Waals surface area (Å²) in [5.41, 5.74) is 11.8. The van der Waals surface area contributed by atoms with E-state index in [9.17, 15) is 0 Å². The molecule has 2 aromatic carbocycles. The van der Waals surface area contributed by atoms with Gasteiger partial charge in [0.05, 0.1) is 5.69 Å². The molecular formula is C18H16N4O. The Balaban J connectivity index is 2.14. The lowest BCUT2D eigenvalue weighted by molar-refractivity contribution is 0.516. The summed E-state index contributed by atoms with van der Waals surface area (Å²) in [5, 5.41) is 3.72. The highest BCUT2D eigenvalue weighted by Crippen LogP contribution is 2.34. The first-order valence-corrected chi connectivity index (χ1v) is 7.53. The molecule has 0 aliphatic carbocycles. The fourth-order valence-corrected chi connectivity index (χ4v) is 2.47. The third kappa shape index (κ3) is 3.10. The minimum Gasteiger partial charge on any atom is -0.440 e. The Labute approximate surface area is 134 Å². The number of rotatable bonds is 5. The number of aromatic nitrogens is 1. The van der Waals surface area contributed by atoms with Crippen molar-refractivity contribution in [3.63, 3.8) is 0 Å². The Bertz CT molecular complexity index is 848. The lowest BCUT2D eigenvalue weighted by atomic mass is 10.1. The van der Waals surface area contributed by atoms with Crippen LogP contribution >= 0.6 is 0 Å². The monoisotopic (exact) mass is 304 g/mol. The average molecular weight is 304 g/mol. The van der Waals surface area contributed by atoms with Crippen LogP contribution in [0.25, 0.3) is 33.2 Å². The van der Waals surface area contributed by atoms with E-state index in [0.29, 0.717) is 17.1 Å². The van der Waals surface area contributed by atoms with E-state index in [2.05, 4.69) is 21.9 Å². The van der Waals surface area contributed by atoms with Crippen molar-refractivity contribution in [2.75, 3.05) is 0 Å². The zero-order valence-electron chi connectivity index (χ0n) is 12.8. The lowest BCUT2D eigenvalue weighted by Gasteiger charge is -1.99. The molecule has 1 heterocycles. The molecule has 0 unspecified atom stereocenters. The van der Waals surface area contributed by atoms with Crippen LogP contribution in [0.15, 0.2) is 64.1 Å². The van der Waals surface area contributed by atoms with Gasteiger partial charge in [-0.05, 0) is 18.0 Å². The highest BCUT2D eigenvalue weighted by Gasteiger charge is 2.17. The van der Waals surface area contributed by atoms with Crippen LogP contribution in [0.5, 0.6) is 0 Å². The maximum absolute atomic E-state index is 8.72. The second-order valence-electron chi connectivity index (χ2n) is 5.11. The minimum atomic E-state index is 0.482. The Morgan fingerprint density at radius 1 is 1.09 bits per heavy atom. The molecule has 0 fully saturated rings. The summed E-state index contributed by atoms with van der Waals surface area (Å²) >= 11 is 0. The molecule has 0 N–H and O–H groups in total. The average Bonchev–Trinajstić information content (AvgIpc) is 3.01. The second kappa shape index (κ2) is 6.81. The summed E-state index contributed by atoms with van der Waals surface area (Å²) in [7, 11) is 0. The van der Waals surface area contributed by atoms with Gasteiger partial charge in [0.15, 0.2) is 0 Å². The highest BCUT2D eigenvalue weighted by molar-refractivity contribution is 5.72. The molecule has 0 saturated carbocycles. The van der Waals surface area contributed by atoms with Gasteiger partial charge in [0.25, 0.3) is 0 Å². The number of benzene rings is 2. The predicted octanol–water partition coefficient (Wildman–Crippen LogP) is 5.90. The minimum absolute atomic E-state index is 0.482. The van der Waals surface area contributed by atoms with Crippen LogP contribution in [0.4, 0.5) is 5.69 Å². The molecule has 23 heavy (non-hydrogen) atoms. The van der Waals surface area contributed by atoms with Crippen molar-refractivity contribution in [1.29, 1.82) is 0 Å². The topological polar surface area (TPSA) is 74.8 Å². The number of hydrogen-bond donors (Lipinski definition) is 0. The van der Waals surface area contributed by atoms with E-state index < -0.39 is 0 Å². The van der Waals surface area contributed by atoms with E-state index in [1.54, 1.807) is 6.07 Å². The molecule has 1 aromatic heterocycles. The third-order valence-electron chi connectivity index (χ3n) is 3.51. The molecule has 0 bridgehead atoms. The number of oxazole rings is 1. The molecule has 5 heteroatoms. The van der Waals surface area contributed by atoms with Gasteiger partial charge in [-0.15, -0.1) is 0 Å². The maximum Gasteiger partial charge on any atom is 0.227 e. The standard InChI is InChI=1S/C18H16N4O/c1-2-8-16-17(13-9-4-3-5-10-13)20-18(23-16)14-11-6-7-12-15(14)21-22-19/h3-7,9-12H,2,8H2,1H3. The van der Waals surface area contributed by atoms with Gasteiger partial charge < -0.3 is 4.42 Å². The molecule has 0 spiro atoms. The second-order valence-corrected chi connectivity index (χ2v) is 5.11. The van der Waals surface area contributed by atoms with Crippen molar-refractivity contribution in [2.24, 2.45) is 5.11 Å². The highest BCUT2D eigenvalue weighted by atomic mass is 16.4. The van der Waals surface area contributed by atoms with Gasteiger partial charge in [-0.25, -0.2) is 4.98 Å².